The molecule has 0 unspecified atom stereocenters. The summed E-state index contributed by atoms with van der Waals surface area (Å²) in [5, 5.41) is 85.6. The molecule has 4 aliphatic carbocycles. The highest BCUT2D eigenvalue weighted by Gasteiger charge is 2.64. The SMILES string of the molecule is CC(C)CC[C@H](O)[C@@H](C)[C@H]1[C@@H](O[C@@H]2O[C@H](CO)[C@H](O)[C@H](O[C@@H]3O[C@H](CO)[C@@H](O)[C@H](O)[C@H]3O)[C@H]2O)C[C@H]2[C@@H]3CCC4=CC(=O)CC[C@]4(C)[C@H]3CC[C@]12C. The van der Waals surface area contributed by atoms with E-state index in [1.165, 1.54) is 5.57 Å². The van der Waals surface area contributed by atoms with Crippen LogP contribution in [0.3, 0.4) is 0 Å². The number of carbonyl (C=O) groups is 1. The molecule has 2 aliphatic heterocycles. The molecule has 298 valence electrons. The molecule has 2 saturated heterocycles. The number of hydrogen-bond donors (Lipinski definition) is 8. The molecule has 19 atom stereocenters. The Morgan fingerprint density at radius 1 is 0.808 bits per heavy atom. The highest BCUT2D eigenvalue weighted by Crippen LogP contribution is 2.68. The largest absolute Gasteiger partial charge is 0.394 e. The molecule has 52 heavy (non-hydrogen) atoms. The molecular weight excluding hydrogens is 676 g/mol. The van der Waals surface area contributed by atoms with E-state index in [0.29, 0.717) is 37.0 Å². The lowest BCUT2D eigenvalue weighted by atomic mass is 9.46. The Bertz CT molecular complexity index is 1280. The van der Waals surface area contributed by atoms with Crippen molar-refractivity contribution in [2.24, 2.45) is 46.3 Å². The van der Waals surface area contributed by atoms with Crippen molar-refractivity contribution < 1.29 is 64.6 Å². The monoisotopic (exact) mass is 740 g/mol. The van der Waals surface area contributed by atoms with Crippen LogP contribution in [0.5, 0.6) is 0 Å². The first-order chi connectivity index (χ1) is 24.5. The van der Waals surface area contributed by atoms with Crippen molar-refractivity contribution in [3.05, 3.63) is 11.6 Å². The van der Waals surface area contributed by atoms with Gasteiger partial charge in [0.15, 0.2) is 18.4 Å². The summed E-state index contributed by atoms with van der Waals surface area (Å²) < 4.78 is 24.2. The summed E-state index contributed by atoms with van der Waals surface area (Å²) >= 11 is 0. The van der Waals surface area contributed by atoms with E-state index in [2.05, 4.69) is 34.6 Å². The average molecular weight is 741 g/mol. The van der Waals surface area contributed by atoms with Gasteiger partial charge in [-0.25, -0.2) is 0 Å². The van der Waals surface area contributed by atoms with Crippen LogP contribution in [-0.2, 0) is 23.7 Å². The lowest BCUT2D eigenvalue weighted by molar-refractivity contribution is -0.365. The third-order valence-electron chi connectivity index (χ3n) is 14.5. The fourth-order valence-electron chi connectivity index (χ4n) is 11.5. The van der Waals surface area contributed by atoms with Gasteiger partial charge in [0.2, 0.25) is 0 Å². The summed E-state index contributed by atoms with van der Waals surface area (Å²) in [5.74, 6) is 1.43. The van der Waals surface area contributed by atoms with Gasteiger partial charge in [0.05, 0.1) is 25.4 Å². The van der Waals surface area contributed by atoms with E-state index in [1.54, 1.807) is 0 Å². The first-order valence-corrected chi connectivity index (χ1v) is 19.7. The normalized spacial score (nSPS) is 49.2. The van der Waals surface area contributed by atoms with Crippen molar-refractivity contribution in [1.29, 1.82) is 0 Å². The van der Waals surface area contributed by atoms with Crippen LogP contribution < -0.4 is 0 Å². The molecule has 0 radical (unpaired) electrons. The number of rotatable bonds is 11. The standard InChI is InChI=1S/C39H64O13/c1-18(2)6-9-25(43)19(3)29-26(15-24-22-8-7-20-14-21(42)10-12-38(20,4)23(22)11-13-39(24,29)5)49-37-34(48)35(31(45)28(17-41)51-37)52-36-33(47)32(46)30(44)27(16-40)50-36/h14,18-19,22-37,40-41,43-48H,6-13,15-17H2,1-5H3/t19-,22-,23+,24+,25+,26+,27-,28-,29+,30-,31+,32+,33-,34-,35+,36+,37-,38+,39+/m1/s1. The zero-order valence-corrected chi connectivity index (χ0v) is 31.4. The molecule has 3 saturated carbocycles. The van der Waals surface area contributed by atoms with Gasteiger partial charge in [-0.05, 0) is 104 Å². The number of aliphatic hydroxyl groups is 8. The Labute approximate surface area is 307 Å². The first kappa shape index (κ1) is 40.6. The van der Waals surface area contributed by atoms with E-state index in [1.807, 2.05) is 6.08 Å². The molecule has 2 heterocycles. The smallest absolute Gasteiger partial charge is 0.187 e. The van der Waals surface area contributed by atoms with Crippen LogP contribution in [0.2, 0.25) is 0 Å². The summed E-state index contributed by atoms with van der Waals surface area (Å²) in [6.07, 6.45) is -7.11. The number of ether oxygens (including phenoxy) is 4. The Hall–Kier alpha value is -1.07. The minimum Gasteiger partial charge on any atom is -0.394 e. The summed E-state index contributed by atoms with van der Waals surface area (Å²) in [7, 11) is 0. The molecule has 0 aromatic rings. The lowest BCUT2D eigenvalue weighted by Gasteiger charge is -2.58. The van der Waals surface area contributed by atoms with Gasteiger partial charge in [0, 0.05) is 6.42 Å². The van der Waals surface area contributed by atoms with Gasteiger partial charge in [-0.2, -0.15) is 0 Å². The van der Waals surface area contributed by atoms with E-state index in [0.717, 1.165) is 38.5 Å². The second-order valence-corrected chi connectivity index (χ2v) is 17.9. The molecule has 0 aromatic heterocycles. The number of allylic oxidation sites excluding steroid dienone is 1. The van der Waals surface area contributed by atoms with Crippen LogP contribution in [0.1, 0.15) is 92.4 Å². The van der Waals surface area contributed by atoms with Crippen molar-refractivity contribution in [1.82, 2.24) is 0 Å². The molecule has 5 fully saturated rings. The number of aliphatic hydroxyl groups excluding tert-OH is 8. The summed E-state index contributed by atoms with van der Waals surface area (Å²) in [5.41, 5.74) is 1.05. The Kier molecular flexibility index (Phi) is 12.3. The predicted octanol–water partition coefficient (Wildman–Crippen LogP) is 1.19. The topological polar surface area (TPSA) is 216 Å². The van der Waals surface area contributed by atoms with Gasteiger partial charge < -0.3 is 59.8 Å². The molecule has 8 N–H and O–H groups in total. The van der Waals surface area contributed by atoms with E-state index in [9.17, 15) is 45.6 Å². The number of carbonyl (C=O) groups excluding carboxylic acids is 1. The maximum Gasteiger partial charge on any atom is 0.187 e. The zero-order chi connectivity index (χ0) is 37.9. The summed E-state index contributed by atoms with van der Waals surface area (Å²) in [4.78, 5) is 12.4. The van der Waals surface area contributed by atoms with Gasteiger partial charge in [-0.15, -0.1) is 0 Å². The Morgan fingerprint density at radius 3 is 2.12 bits per heavy atom. The molecule has 6 rings (SSSR count). The predicted molar refractivity (Wildman–Crippen MR) is 186 cm³/mol. The average Bonchev–Trinajstić information content (AvgIpc) is 3.41. The van der Waals surface area contributed by atoms with Gasteiger partial charge >= 0.3 is 0 Å². The number of fused-ring (bicyclic) bond motifs is 5. The highest BCUT2D eigenvalue weighted by atomic mass is 16.7. The van der Waals surface area contributed by atoms with E-state index in [-0.39, 0.29) is 34.4 Å². The van der Waals surface area contributed by atoms with Crippen LogP contribution in [0, 0.1) is 46.3 Å². The van der Waals surface area contributed by atoms with Crippen molar-refractivity contribution in [2.45, 2.75) is 166 Å². The van der Waals surface area contributed by atoms with E-state index in [4.69, 9.17) is 18.9 Å². The second-order valence-electron chi connectivity index (χ2n) is 17.9. The minimum absolute atomic E-state index is 0.0306. The van der Waals surface area contributed by atoms with E-state index >= 15 is 0 Å². The summed E-state index contributed by atoms with van der Waals surface area (Å²) in [6, 6.07) is 0. The van der Waals surface area contributed by atoms with Crippen molar-refractivity contribution in [3.8, 4) is 0 Å². The van der Waals surface area contributed by atoms with Crippen molar-refractivity contribution >= 4 is 5.78 Å². The van der Waals surface area contributed by atoms with E-state index < -0.39 is 86.8 Å². The quantitative estimate of drug-likeness (QED) is 0.150. The Balaban J connectivity index is 1.28. The van der Waals surface area contributed by atoms with Gasteiger partial charge in [-0.1, -0.05) is 40.2 Å². The number of hydrogen-bond acceptors (Lipinski definition) is 13. The molecular formula is C39H64O13. The van der Waals surface area contributed by atoms with Crippen molar-refractivity contribution in [2.75, 3.05) is 13.2 Å². The molecule has 13 heteroatoms. The first-order valence-electron chi connectivity index (χ1n) is 19.7. The molecule has 0 spiro atoms. The summed E-state index contributed by atoms with van der Waals surface area (Å²) in [6.45, 7) is 9.71. The van der Waals surface area contributed by atoms with Gasteiger partial charge in [0.25, 0.3) is 0 Å². The fourth-order valence-corrected chi connectivity index (χ4v) is 11.5. The molecule has 0 aromatic carbocycles. The molecule has 0 amide bonds. The Morgan fingerprint density at radius 2 is 1.46 bits per heavy atom. The van der Waals surface area contributed by atoms with Gasteiger partial charge in [-0.3, -0.25) is 4.79 Å². The number of ketones is 1. The maximum absolute atomic E-state index is 12.4. The van der Waals surface area contributed by atoms with Crippen LogP contribution >= 0.6 is 0 Å². The second kappa shape index (κ2) is 15.8. The minimum atomic E-state index is -1.77. The lowest BCUT2D eigenvalue weighted by Crippen LogP contribution is -2.65. The van der Waals surface area contributed by atoms with Crippen molar-refractivity contribution in [3.63, 3.8) is 0 Å². The molecule has 6 aliphatic rings. The van der Waals surface area contributed by atoms with Crippen LogP contribution in [0.25, 0.3) is 0 Å². The molecule has 0 bridgehead atoms. The third kappa shape index (κ3) is 7.20. The fraction of sp³-hybridized carbons (Fsp3) is 0.923. The van der Waals surface area contributed by atoms with Crippen LogP contribution in [-0.4, -0.2) is 133 Å². The maximum atomic E-state index is 12.4. The highest BCUT2D eigenvalue weighted by molar-refractivity contribution is 5.91. The van der Waals surface area contributed by atoms with Crippen LogP contribution in [0.4, 0.5) is 0 Å². The zero-order valence-electron chi connectivity index (χ0n) is 31.4. The molecule has 13 nitrogen and oxygen atoms in total. The third-order valence-corrected chi connectivity index (χ3v) is 14.5. The van der Waals surface area contributed by atoms with Crippen LogP contribution in [0.15, 0.2) is 11.6 Å². The van der Waals surface area contributed by atoms with Gasteiger partial charge in [0.1, 0.15) is 48.8 Å².